The summed E-state index contributed by atoms with van der Waals surface area (Å²) in [5.41, 5.74) is 2.30. The highest BCUT2D eigenvalue weighted by molar-refractivity contribution is 9.10. The van der Waals surface area contributed by atoms with E-state index >= 15 is 0 Å². The Balaban J connectivity index is 2.41. The summed E-state index contributed by atoms with van der Waals surface area (Å²) in [5.74, 6) is -1.30. The number of hydrogen-bond acceptors (Lipinski definition) is 5. The molecule has 19 heavy (non-hydrogen) atoms. The molecule has 0 bridgehead atoms. The van der Waals surface area contributed by atoms with Crippen molar-refractivity contribution >= 4 is 33.3 Å². The second-order valence-corrected chi connectivity index (χ2v) is 4.85. The van der Waals surface area contributed by atoms with Gasteiger partial charge in [-0.25, -0.2) is 0 Å². The molecule has 0 aliphatic heterocycles. The summed E-state index contributed by atoms with van der Waals surface area (Å²) in [7, 11) is 0. The molecule has 0 fully saturated rings. The molecule has 1 aromatic heterocycles. The van der Waals surface area contributed by atoms with Crippen LogP contribution in [0.1, 0.15) is 21.7 Å². The van der Waals surface area contributed by atoms with E-state index in [1.165, 1.54) is 6.07 Å². The number of nitrogens with zero attached hydrogens (tertiary/aromatic N) is 3. The first-order chi connectivity index (χ1) is 8.99. The number of nitrogens with one attached hydrogen (secondary N) is 1. The van der Waals surface area contributed by atoms with Crippen molar-refractivity contribution in [3.63, 3.8) is 0 Å². The van der Waals surface area contributed by atoms with Gasteiger partial charge in [-0.3, -0.25) is 5.10 Å². The molecule has 0 saturated carbocycles. The first kappa shape index (κ1) is 13.4. The van der Waals surface area contributed by atoms with Crippen LogP contribution in [0.3, 0.4) is 0 Å². The van der Waals surface area contributed by atoms with Gasteiger partial charge in [0, 0.05) is 10.0 Å². The van der Waals surface area contributed by atoms with E-state index < -0.39 is 5.97 Å². The monoisotopic (exact) mass is 321 g/mol. The van der Waals surface area contributed by atoms with Gasteiger partial charge in [0.05, 0.1) is 23.0 Å². The van der Waals surface area contributed by atoms with Gasteiger partial charge in [0.1, 0.15) is 5.69 Å². The zero-order chi connectivity index (χ0) is 14.0. The molecule has 1 heterocycles. The summed E-state index contributed by atoms with van der Waals surface area (Å²) in [6.07, 6.45) is 0. The van der Waals surface area contributed by atoms with Crippen LogP contribution in [0.25, 0.3) is 0 Å². The molecule has 0 unspecified atom stereocenters. The minimum Gasteiger partial charge on any atom is -0.545 e. The number of aromatic amines is 1. The fraction of sp³-hybridized carbons (Fsp3) is 0.167. The Morgan fingerprint density at radius 2 is 2.11 bits per heavy atom. The summed E-state index contributed by atoms with van der Waals surface area (Å²) in [4.78, 5) is 11.0. The Labute approximate surface area is 117 Å². The summed E-state index contributed by atoms with van der Waals surface area (Å²) < 4.78 is 0.640. The van der Waals surface area contributed by atoms with Gasteiger partial charge in [0.15, 0.2) is 0 Å². The average molecular weight is 322 g/mol. The number of carbonyl (C=O) groups is 1. The Morgan fingerprint density at radius 1 is 1.37 bits per heavy atom. The molecule has 0 amide bonds. The van der Waals surface area contributed by atoms with Gasteiger partial charge < -0.3 is 9.90 Å². The van der Waals surface area contributed by atoms with Crippen LogP contribution in [0.4, 0.5) is 11.4 Å². The van der Waals surface area contributed by atoms with Crippen LogP contribution in [-0.4, -0.2) is 16.2 Å². The van der Waals surface area contributed by atoms with Gasteiger partial charge in [0.2, 0.25) is 0 Å². The molecular formula is C12H10BrN4O2-. The molecule has 0 aliphatic rings. The standard InChI is InChI=1S/C12H11BrN4O2/c1-6-11(7(2)15-14-6)17-16-10-4-3-8(13)5-9(10)12(18)19/h3-5H,1-2H3,(H,14,15)(H,18,19)/p-1. The fourth-order valence-electron chi connectivity index (χ4n) is 1.56. The van der Waals surface area contributed by atoms with E-state index in [-0.39, 0.29) is 11.3 Å². The first-order valence-corrected chi connectivity index (χ1v) is 6.22. The van der Waals surface area contributed by atoms with Crippen LogP contribution in [0.5, 0.6) is 0 Å². The van der Waals surface area contributed by atoms with Crippen molar-refractivity contribution in [2.45, 2.75) is 13.8 Å². The first-order valence-electron chi connectivity index (χ1n) is 5.43. The lowest BCUT2D eigenvalue weighted by molar-refractivity contribution is -0.254. The van der Waals surface area contributed by atoms with Crippen molar-refractivity contribution in [2.24, 2.45) is 10.2 Å². The molecule has 0 aliphatic carbocycles. The van der Waals surface area contributed by atoms with Gasteiger partial charge in [-0.1, -0.05) is 15.9 Å². The molecule has 0 radical (unpaired) electrons. The number of hydrogen-bond donors (Lipinski definition) is 1. The van der Waals surface area contributed by atoms with Crippen molar-refractivity contribution in [1.82, 2.24) is 10.2 Å². The van der Waals surface area contributed by atoms with Gasteiger partial charge in [-0.15, -0.1) is 10.2 Å². The lowest BCUT2D eigenvalue weighted by Gasteiger charge is -2.05. The van der Waals surface area contributed by atoms with E-state index in [1.54, 1.807) is 19.1 Å². The second-order valence-electron chi connectivity index (χ2n) is 3.93. The van der Waals surface area contributed by atoms with Gasteiger partial charge in [0.25, 0.3) is 0 Å². The van der Waals surface area contributed by atoms with E-state index in [0.29, 0.717) is 15.9 Å². The largest absolute Gasteiger partial charge is 0.545 e. The molecule has 2 rings (SSSR count). The molecular weight excluding hydrogens is 312 g/mol. The molecule has 98 valence electrons. The van der Waals surface area contributed by atoms with Crippen LogP contribution in [-0.2, 0) is 0 Å². The minimum absolute atomic E-state index is 0.0167. The maximum atomic E-state index is 11.0. The SMILES string of the molecule is Cc1n[nH]c(C)c1N=Nc1ccc(Br)cc1C(=O)[O-]. The van der Waals surface area contributed by atoms with Crippen LogP contribution < -0.4 is 5.11 Å². The van der Waals surface area contributed by atoms with Gasteiger partial charge >= 0.3 is 0 Å². The highest BCUT2D eigenvalue weighted by atomic mass is 79.9. The molecule has 6 nitrogen and oxygen atoms in total. The zero-order valence-corrected chi connectivity index (χ0v) is 11.9. The number of azo groups is 1. The van der Waals surface area contributed by atoms with Crippen molar-refractivity contribution in [3.05, 3.63) is 39.6 Å². The van der Waals surface area contributed by atoms with E-state index in [9.17, 15) is 9.90 Å². The maximum absolute atomic E-state index is 11.0. The Hall–Kier alpha value is -2.02. The fourth-order valence-corrected chi connectivity index (χ4v) is 1.92. The van der Waals surface area contributed by atoms with Gasteiger partial charge in [-0.05, 0) is 32.0 Å². The normalized spacial score (nSPS) is 11.1. The lowest BCUT2D eigenvalue weighted by Crippen LogP contribution is -2.22. The van der Waals surface area contributed by atoms with Crippen LogP contribution in [0, 0.1) is 13.8 Å². The molecule has 7 heteroatoms. The highest BCUT2D eigenvalue weighted by Gasteiger charge is 2.07. The van der Waals surface area contributed by atoms with E-state index in [2.05, 4.69) is 36.4 Å². The quantitative estimate of drug-likeness (QED) is 0.880. The number of carboxylic acid groups (broad SMARTS) is 1. The number of aromatic carboxylic acids is 1. The molecule has 1 N–H and O–H groups in total. The molecule has 2 aromatic rings. The third kappa shape index (κ3) is 2.87. The number of halogens is 1. The molecule has 0 saturated heterocycles. The van der Waals surface area contributed by atoms with Crippen molar-refractivity contribution < 1.29 is 9.90 Å². The van der Waals surface area contributed by atoms with E-state index in [1.807, 2.05) is 6.92 Å². The number of H-pyrrole nitrogens is 1. The van der Waals surface area contributed by atoms with Crippen LogP contribution >= 0.6 is 15.9 Å². The Kier molecular flexibility index (Phi) is 3.75. The van der Waals surface area contributed by atoms with Crippen molar-refractivity contribution in [1.29, 1.82) is 0 Å². The van der Waals surface area contributed by atoms with Crippen molar-refractivity contribution in [3.8, 4) is 0 Å². The summed E-state index contributed by atoms with van der Waals surface area (Å²) >= 11 is 3.20. The third-order valence-electron chi connectivity index (χ3n) is 2.53. The minimum atomic E-state index is -1.30. The Bertz CT molecular complexity index is 644. The summed E-state index contributed by atoms with van der Waals surface area (Å²) in [5, 5.41) is 25.8. The van der Waals surface area contributed by atoms with Crippen LogP contribution in [0.2, 0.25) is 0 Å². The zero-order valence-electron chi connectivity index (χ0n) is 10.3. The number of aryl methyl sites for hydroxylation is 2. The Morgan fingerprint density at radius 3 is 2.68 bits per heavy atom. The van der Waals surface area contributed by atoms with Crippen LogP contribution in [0.15, 0.2) is 32.9 Å². The number of benzene rings is 1. The van der Waals surface area contributed by atoms with Crippen molar-refractivity contribution in [2.75, 3.05) is 0 Å². The molecule has 0 spiro atoms. The number of carbonyl (C=O) groups excluding carboxylic acids is 1. The summed E-state index contributed by atoms with van der Waals surface area (Å²) in [6.45, 7) is 3.61. The molecule has 1 aromatic carbocycles. The number of rotatable bonds is 3. The number of aromatic nitrogens is 2. The van der Waals surface area contributed by atoms with E-state index in [4.69, 9.17) is 0 Å². The molecule has 0 atom stereocenters. The maximum Gasteiger partial charge on any atom is 0.129 e. The highest BCUT2D eigenvalue weighted by Crippen LogP contribution is 2.27. The van der Waals surface area contributed by atoms with E-state index in [0.717, 1.165) is 5.69 Å². The third-order valence-corrected chi connectivity index (χ3v) is 3.02. The smallest absolute Gasteiger partial charge is 0.129 e. The predicted molar refractivity (Wildman–Crippen MR) is 70.7 cm³/mol. The second kappa shape index (κ2) is 5.31. The van der Waals surface area contributed by atoms with Gasteiger partial charge in [-0.2, -0.15) is 5.10 Å². The topological polar surface area (TPSA) is 93.5 Å². The number of carboxylic acids is 1. The predicted octanol–water partition coefficient (Wildman–Crippen LogP) is 2.57. The lowest BCUT2D eigenvalue weighted by atomic mass is 10.2. The average Bonchev–Trinajstić information content (AvgIpc) is 2.68. The summed E-state index contributed by atoms with van der Waals surface area (Å²) in [6, 6.07) is 4.68.